The Morgan fingerprint density at radius 1 is 1.17 bits per heavy atom. The van der Waals surface area contributed by atoms with Crippen molar-refractivity contribution in [3.05, 3.63) is 92.8 Å². The third-order valence-corrected chi connectivity index (χ3v) is 8.31. The Hall–Kier alpha value is -4.18. The third kappa shape index (κ3) is 6.94. The van der Waals surface area contributed by atoms with Gasteiger partial charge in [0, 0.05) is 40.9 Å². The molecule has 3 N–H and O–H groups in total. The van der Waals surface area contributed by atoms with E-state index in [2.05, 4.69) is 20.8 Å². The van der Waals surface area contributed by atoms with E-state index < -0.39 is 0 Å². The molecule has 0 spiro atoms. The summed E-state index contributed by atoms with van der Waals surface area (Å²) < 4.78 is 5.07. The summed E-state index contributed by atoms with van der Waals surface area (Å²) in [6.07, 6.45) is 3.21. The molecule has 214 valence electrons. The van der Waals surface area contributed by atoms with Crippen LogP contribution in [0.4, 0.5) is 5.69 Å². The van der Waals surface area contributed by atoms with Crippen molar-refractivity contribution >= 4 is 28.8 Å². The van der Waals surface area contributed by atoms with Crippen LogP contribution in [0.3, 0.4) is 0 Å². The molecule has 2 aromatic carbocycles. The number of phenolic OH excluding ortho intramolecular Hbond substituents is 1. The van der Waals surface area contributed by atoms with Gasteiger partial charge in [-0.05, 0) is 82.3 Å². The largest absolute Gasteiger partial charge is 0.506 e. The Kier molecular flexibility index (Phi) is 8.68. The summed E-state index contributed by atoms with van der Waals surface area (Å²) in [5.74, 6) is 0.607. The molecule has 2 aromatic heterocycles. The number of nitrogens with one attached hydrogen (secondary N) is 2. The lowest BCUT2D eigenvalue weighted by Crippen LogP contribution is -2.33. The first-order chi connectivity index (χ1) is 19.8. The van der Waals surface area contributed by atoms with Crippen molar-refractivity contribution in [2.45, 2.75) is 65.1 Å². The maximum Gasteiger partial charge on any atom is 0.254 e. The minimum absolute atomic E-state index is 0.0132. The summed E-state index contributed by atoms with van der Waals surface area (Å²) in [6.45, 7) is 6.88. The number of aromatic hydroxyl groups is 1. The molecular formula is C31H35N5O4S. The Morgan fingerprint density at radius 3 is 2.73 bits per heavy atom. The fraction of sp³-hybridized carbons (Fsp3) is 0.355. The molecule has 0 bridgehead atoms. The van der Waals surface area contributed by atoms with Gasteiger partial charge in [-0.1, -0.05) is 17.3 Å². The van der Waals surface area contributed by atoms with E-state index in [0.29, 0.717) is 42.7 Å². The van der Waals surface area contributed by atoms with Crippen LogP contribution in [0.5, 0.6) is 5.75 Å². The van der Waals surface area contributed by atoms with Crippen LogP contribution in [0, 0.1) is 13.8 Å². The molecule has 10 heteroatoms. The average molecular weight is 574 g/mol. The number of aryl methyl sites for hydroxylation is 3. The topological polar surface area (TPSA) is 121 Å². The fourth-order valence-corrected chi connectivity index (χ4v) is 6.03. The number of carbonyl (C=O) groups is 2. The zero-order valence-electron chi connectivity index (χ0n) is 23.5. The first-order valence-electron chi connectivity index (χ1n) is 13.9. The molecule has 1 fully saturated rings. The van der Waals surface area contributed by atoms with Crippen molar-refractivity contribution in [1.82, 2.24) is 20.4 Å². The zero-order valence-corrected chi connectivity index (χ0v) is 24.3. The molecule has 0 radical (unpaired) electrons. The monoisotopic (exact) mass is 573 g/mol. The second-order valence-corrected chi connectivity index (χ2v) is 11.5. The lowest BCUT2D eigenvalue weighted by molar-refractivity contribution is 0.0735. The third-order valence-electron chi connectivity index (χ3n) is 7.25. The van der Waals surface area contributed by atoms with E-state index in [1.807, 2.05) is 49.3 Å². The predicted molar refractivity (Wildman–Crippen MR) is 158 cm³/mol. The van der Waals surface area contributed by atoms with Gasteiger partial charge in [-0.2, -0.15) is 0 Å². The average Bonchev–Trinajstić information content (AvgIpc) is 3.72. The molecule has 41 heavy (non-hydrogen) atoms. The van der Waals surface area contributed by atoms with E-state index in [4.69, 9.17) is 4.52 Å². The number of hydrogen-bond acceptors (Lipinski definition) is 8. The first kappa shape index (κ1) is 28.4. The van der Waals surface area contributed by atoms with Gasteiger partial charge in [-0.3, -0.25) is 9.59 Å². The highest BCUT2D eigenvalue weighted by molar-refractivity contribution is 7.09. The highest BCUT2D eigenvalue weighted by atomic mass is 32.1. The van der Waals surface area contributed by atoms with E-state index in [0.717, 1.165) is 40.6 Å². The number of nitrogens with zero attached hydrogens (tertiary/aromatic N) is 3. The maximum absolute atomic E-state index is 13.4. The Balaban J connectivity index is 1.14. The molecule has 1 aliphatic heterocycles. The van der Waals surface area contributed by atoms with Crippen LogP contribution in [0.25, 0.3) is 0 Å². The Labute approximate surface area is 243 Å². The quantitative estimate of drug-likeness (QED) is 0.205. The van der Waals surface area contributed by atoms with Gasteiger partial charge in [0.15, 0.2) is 0 Å². The molecule has 1 aliphatic rings. The number of carbonyl (C=O) groups excluding carboxylic acids is 2. The molecule has 4 aromatic rings. The summed E-state index contributed by atoms with van der Waals surface area (Å²) in [6, 6.07) is 14.2. The lowest BCUT2D eigenvalue weighted by atomic mass is 10.0. The van der Waals surface area contributed by atoms with Crippen LogP contribution in [0.15, 0.2) is 58.4 Å². The van der Waals surface area contributed by atoms with Crippen LogP contribution < -0.4 is 10.6 Å². The van der Waals surface area contributed by atoms with Crippen molar-refractivity contribution in [2.24, 2.45) is 0 Å². The molecule has 2 amide bonds. The zero-order chi connectivity index (χ0) is 28.9. The van der Waals surface area contributed by atoms with Crippen molar-refractivity contribution in [3.8, 4) is 5.75 Å². The van der Waals surface area contributed by atoms with Crippen LogP contribution >= 0.6 is 11.3 Å². The number of rotatable bonds is 10. The highest BCUT2D eigenvalue weighted by Gasteiger charge is 2.32. The number of phenols is 1. The van der Waals surface area contributed by atoms with Crippen molar-refractivity contribution in [1.29, 1.82) is 0 Å². The smallest absolute Gasteiger partial charge is 0.254 e. The number of likely N-dealkylation sites (tertiary alicyclic amines) is 1. The second-order valence-electron chi connectivity index (χ2n) is 10.6. The molecule has 0 aliphatic carbocycles. The number of anilines is 1. The summed E-state index contributed by atoms with van der Waals surface area (Å²) in [4.78, 5) is 32.9. The van der Waals surface area contributed by atoms with Gasteiger partial charge in [-0.25, -0.2) is 4.98 Å². The van der Waals surface area contributed by atoms with E-state index in [-0.39, 0.29) is 29.6 Å². The molecule has 1 saturated heterocycles. The normalized spacial score (nSPS) is 15.6. The molecule has 2 atom stereocenters. The molecule has 3 heterocycles. The highest BCUT2D eigenvalue weighted by Crippen LogP contribution is 2.35. The molecule has 0 unspecified atom stereocenters. The summed E-state index contributed by atoms with van der Waals surface area (Å²) in [5.41, 5.74) is 4.28. The van der Waals surface area contributed by atoms with Gasteiger partial charge in [0.05, 0.1) is 18.3 Å². The van der Waals surface area contributed by atoms with Gasteiger partial charge in [0.25, 0.3) is 11.8 Å². The molecular weight excluding hydrogens is 538 g/mol. The van der Waals surface area contributed by atoms with Crippen molar-refractivity contribution in [2.75, 3.05) is 11.9 Å². The Bertz CT molecular complexity index is 1530. The molecule has 0 saturated carbocycles. The van der Waals surface area contributed by atoms with Gasteiger partial charge >= 0.3 is 0 Å². The van der Waals surface area contributed by atoms with Gasteiger partial charge < -0.3 is 25.2 Å². The van der Waals surface area contributed by atoms with E-state index in [1.165, 1.54) is 0 Å². The summed E-state index contributed by atoms with van der Waals surface area (Å²) in [5, 5.41) is 23.6. The van der Waals surface area contributed by atoms with E-state index >= 15 is 0 Å². The first-order valence-corrected chi connectivity index (χ1v) is 14.8. The van der Waals surface area contributed by atoms with Crippen molar-refractivity contribution < 1.29 is 19.2 Å². The van der Waals surface area contributed by atoms with Gasteiger partial charge in [0.2, 0.25) is 0 Å². The van der Waals surface area contributed by atoms with Crippen LogP contribution in [0.1, 0.15) is 80.7 Å². The number of thiazole rings is 1. The summed E-state index contributed by atoms with van der Waals surface area (Å²) >= 11 is 1.59. The minimum atomic E-state index is -0.217. The lowest BCUT2D eigenvalue weighted by Gasteiger charge is -2.23. The number of aromatic nitrogens is 2. The Morgan fingerprint density at radius 2 is 2.00 bits per heavy atom. The molecule has 9 nitrogen and oxygen atoms in total. The SMILES string of the molecule is Cc1csc([C@H]2CCCN2C(=O)c2cccc(C(=O)N[C@@H](C)CCc3ccc(NCc4cc(C)on4)c(O)c3)c2)n1. The second kappa shape index (κ2) is 12.6. The number of hydrogen-bond donors (Lipinski definition) is 3. The van der Waals surface area contributed by atoms with E-state index in [1.54, 1.807) is 41.7 Å². The van der Waals surface area contributed by atoms with E-state index in [9.17, 15) is 14.7 Å². The van der Waals surface area contributed by atoms with Crippen molar-refractivity contribution in [3.63, 3.8) is 0 Å². The van der Waals surface area contributed by atoms with Gasteiger partial charge in [-0.15, -0.1) is 11.3 Å². The minimum Gasteiger partial charge on any atom is -0.506 e. The number of benzene rings is 2. The molecule has 5 rings (SSSR count). The van der Waals surface area contributed by atoms with Crippen LogP contribution in [-0.4, -0.2) is 44.5 Å². The summed E-state index contributed by atoms with van der Waals surface area (Å²) in [7, 11) is 0. The fourth-order valence-electron chi connectivity index (χ4n) is 5.08. The predicted octanol–water partition coefficient (Wildman–Crippen LogP) is 5.79. The van der Waals surface area contributed by atoms with Gasteiger partial charge in [0.1, 0.15) is 22.2 Å². The maximum atomic E-state index is 13.4. The van der Waals surface area contributed by atoms with Crippen LogP contribution in [0.2, 0.25) is 0 Å². The number of amides is 2. The standard InChI is InChI=1S/C31H35N5O4S/c1-19(9-10-22-11-12-26(28(37)15-22)32-17-25-14-21(3)40-35-25)33-29(38)23-6-4-7-24(16-23)31(39)36-13-5-8-27(36)30-34-20(2)18-41-30/h4,6-7,11-12,14-16,18-19,27,32,37H,5,8-10,13,17H2,1-3H3,(H,33,38)/t19-,27+/m0/s1. The van der Waals surface area contributed by atoms with Crippen LogP contribution in [-0.2, 0) is 13.0 Å².